The molecule has 0 unspecified atom stereocenters. The molecule has 2 fully saturated rings. The minimum absolute atomic E-state index is 0.0408. The SMILES string of the molecule is CCOC(=O)c1ccc(N(C)S(=O)(=O)C2CCC3(CC2)OCCO3)c(F)c1. The third-order valence-electron chi connectivity index (χ3n) is 5.11. The van der Waals surface area contributed by atoms with E-state index < -0.39 is 32.8 Å². The first kappa shape index (κ1) is 20.0. The fraction of sp³-hybridized carbons (Fsp3) is 0.611. The van der Waals surface area contributed by atoms with Crippen LogP contribution in [0.2, 0.25) is 0 Å². The van der Waals surface area contributed by atoms with Crippen LogP contribution in [0.1, 0.15) is 43.0 Å². The van der Waals surface area contributed by atoms with Crippen LogP contribution in [0.3, 0.4) is 0 Å². The molecule has 1 spiro atoms. The molecule has 0 amide bonds. The van der Waals surface area contributed by atoms with Crippen LogP contribution in [-0.4, -0.2) is 52.3 Å². The van der Waals surface area contributed by atoms with Crippen molar-refractivity contribution in [2.75, 3.05) is 31.2 Å². The first-order chi connectivity index (χ1) is 12.8. The van der Waals surface area contributed by atoms with E-state index in [1.807, 2.05) is 0 Å². The van der Waals surface area contributed by atoms with Gasteiger partial charge in [0.1, 0.15) is 5.82 Å². The summed E-state index contributed by atoms with van der Waals surface area (Å²) in [5, 5.41) is -0.634. The van der Waals surface area contributed by atoms with E-state index >= 15 is 0 Å². The van der Waals surface area contributed by atoms with Crippen molar-refractivity contribution in [3.63, 3.8) is 0 Å². The maximum absolute atomic E-state index is 14.5. The number of hydrogen-bond acceptors (Lipinski definition) is 6. The number of sulfonamides is 1. The van der Waals surface area contributed by atoms with Gasteiger partial charge in [-0.25, -0.2) is 17.6 Å². The molecule has 1 saturated carbocycles. The van der Waals surface area contributed by atoms with E-state index in [0.717, 1.165) is 10.4 Å². The number of rotatable bonds is 5. The van der Waals surface area contributed by atoms with Gasteiger partial charge in [-0.05, 0) is 38.0 Å². The number of carbonyl (C=O) groups excluding carboxylic acids is 1. The number of hydrogen-bond donors (Lipinski definition) is 0. The molecule has 9 heteroatoms. The lowest BCUT2D eigenvalue weighted by Gasteiger charge is -2.36. The second kappa shape index (κ2) is 7.73. The van der Waals surface area contributed by atoms with E-state index in [-0.39, 0.29) is 17.9 Å². The molecular formula is C18H24FNO6S. The van der Waals surface area contributed by atoms with Crippen LogP contribution in [-0.2, 0) is 24.2 Å². The number of ether oxygens (including phenoxy) is 3. The van der Waals surface area contributed by atoms with Gasteiger partial charge in [-0.3, -0.25) is 4.31 Å². The van der Waals surface area contributed by atoms with Crippen LogP contribution in [0, 0.1) is 5.82 Å². The standard InChI is InChI=1S/C18H24FNO6S/c1-3-24-17(21)13-4-5-16(15(19)12-13)20(2)27(22,23)14-6-8-18(9-7-14)25-10-11-26-18/h4-5,12,14H,3,6-11H2,1-2H3. The zero-order valence-electron chi connectivity index (χ0n) is 15.4. The third kappa shape index (κ3) is 3.95. The lowest BCUT2D eigenvalue weighted by atomic mass is 9.94. The topological polar surface area (TPSA) is 82.1 Å². The lowest BCUT2D eigenvalue weighted by molar-refractivity contribution is -0.176. The van der Waals surface area contributed by atoms with Crippen molar-refractivity contribution in [1.82, 2.24) is 0 Å². The van der Waals surface area contributed by atoms with Crippen molar-refractivity contribution in [3.8, 4) is 0 Å². The highest BCUT2D eigenvalue weighted by Crippen LogP contribution is 2.39. The Morgan fingerprint density at radius 2 is 1.93 bits per heavy atom. The number of nitrogens with zero attached hydrogens (tertiary/aromatic N) is 1. The molecule has 1 aromatic carbocycles. The quantitative estimate of drug-likeness (QED) is 0.705. The van der Waals surface area contributed by atoms with E-state index in [9.17, 15) is 17.6 Å². The second-order valence-electron chi connectivity index (χ2n) is 6.71. The van der Waals surface area contributed by atoms with Gasteiger partial charge in [0.25, 0.3) is 0 Å². The van der Waals surface area contributed by atoms with Gasteiger partial charge in [-0.15, -0.1) is 0 Å². The van der Waals surface area contributed by atoms with Gasteiger partial charge in [0.2, 0.25) is 10.0 Å². The van der Waals surface area contributed by atoms with E-state index in [4.69, 9.17) is 14.2 Å². The van der Waals surface area contributed by atoms with E-state index in [0.29, 0.717) is 38.9 Å². The Bertz CT molecular complexity index is 796. The zero-order valence-corrected chi connectivity index (χ0v) is 16.3. The predicted octanol–water partition coefficient (Wildman–Crippen LogP) is 2.45. The molecule has 1 aliphatic carbocycles. The van der Waals surface area contributed by atoms with Crippen LogP contribution < -0.4 is 4.31 Å². The summed E-state index contributed by atoms with van der Waals surface area (Å²) in [5.74, 6) is -2.10. The van der Waals surface area contributed by atoms with Gasteiger partial charge < -0.3 is 14.2 Å². The highest BCUT2D eigenvalue weighted by molar-refractivity contribution is 7.93. The van der Waals surface area contributed by atoms with Crippen molar-refractivity contribution in [3.05, 3.63) is 29.6 Å². The van der Waals surface area contributed by atoms with Crippen LogP contribution in [0.5, 0.6) is 0 Å². The normalized spacial score (nSPS) is 20.0. The Balaban J connectivity index is 1.74. The van der Waals surface area contributed by atoms with Gasteiger partial charge in [0.15, 0.2) is 5.79 Å². The molecule has 1 aromatic rings. The van der Waals surface area contributed by atoms with Gasteiger partial charge in [-0.1, -0.05) is 0 Å². The van der Waals surface area contributed by atoms with Crippen LogP contribution >= 0.6 is 0 Å². The van der Waals surface area contributed by atoms with Gasteiger partial charge in [0.05, 0.1) is 36.3 Å². The molecule has 1 heterocycles. The minimum Gasteiger partial charge on any atom is -0.462 e. The van der Waals surface area contributed by atoms with Crippen molar-refractivity contribution in [2.45, 2.75) is 43.6 Å². The summed E-state index contributed by atoms with van der Waals surface area (Å²) in [6.45, 7) is 2.87. The fourth-order valence-corrected chi connectivity index (χ4v) is 5.28. The maximum atomic E-state index is 14.5. The molecule has 2 aliphatic rings. The number of carbonyl (C=O) groups is 1. The Kier molecular flexibility index (Phi) is 5.73. The summed E-state index contributed by atoms with van der Waals surface area (Å²) in [7, 11) is -2.44. The van der Waals surface area contributed by atoms with E-state index in [2.05, 4.69) is 0 Å². The molecule has 0 bridgehead atoms. The Hall–Kier alpha value is -1.71. The summed E-state index contributed by atoms with van der Waals surface area (Å²) in [5.41, 5.74) is -0.0595. The molecular weight excluding hydrogens is 377 g/mol. The minimum atomic E-state index is -3.76. The second-order valence-corrected chi connectivity index (χ2v) is 8.95. The molecule has 0 N–H and O–H groups in total. The van der Waals surface area contributed by atoms with Gasteiger partial charge in [0, 0.05) is 19.9 Å². The predicted molar refractivity (Wildman–Crippen MR) is 96.6 cm³/mol. The molecule has 3 rings (SSSR count). The third-order valence-corrected chi connectivity index (χ3v) is 7.38. The van der Waals surface area contributed by atoms with Crippen LogP contribution in [0.15, 0.2) is 18.2 Å². The largest absolute Gasteiger partial charge is 0.462 e. The van der Waals surface area contributed by atoms with Gasteiger partial charge in [-0.2, -0.15) is 0 Å². The number of anilines is 1. The average molecular weight is 401 g/mol. The monoisotopic (exact) mass is 401 g/mol. The highest BCUT2D eigenvalue weighted by atomic mass is 32.2. The summed E-state index contributed by atoms with van der Waals surface area (Å²) in [6.07, 6.45) is 1.76. The van der Waals surface area contributed by atoms with Crippen molar-refractivity contribution in [1.29, 1.82) is 0 Å². The van der Waals surface area contributed by atoms with Crippen molar-refractivity contribution >= 4 is 21.7 Å². The Morgan fingerprint density at radius 3 is 2.48 bits per heavy atom. The average Bonchev–Trinajstić information content (AvgIpc) is 3.09. The fourth-order valence-electron chi connectivity index (χ4n) is 3.58. The molecule has 150 valence electrons. The Morgan fingerprint density at radius 1 is 1.30 bits per heavy atom. The molecule has 1 aliphatic heterocycles. The van der Waals surface area contributed by atoms with Crippen molar-refractivity contribution < 1.29 is 31.8 Å². The highest BCUT2D eigenvalue weighted by Gasteiger charge is 2.44. The summed E-state index contributed by atoms with van der Waals surface area (Å²) in [6, 6.07) is 3.64. The maximum Gasteiger partial charge on any atom is 0.338 e. The molecule has 7 nitrogen and oxygen atoms in total. The molecule has 1 saturated heterocycles. The summed E-state index contributed by atoms with van der Waals surface area (Å²) >= 11 is 0. The van der Waals surface area contributed by atoms with Crippen LogP contribution in [0.25, 0.3) is 0 Å². The number of benzene rings is 1. The molecule has 0 atom stereocenters. The van der Waals surface area contributed by atoms with Gasteiger partial charge >= 0.3 is 5.97 Å². The van der Waals surface area contributed by atoms with E-state index in [1.165, 1.54) is 19.2 Å². The summed E-state index contributed by atoms with van der Waals surface area (Å²) in [4.78, 5) is 11.7. The first-order valence-electron chi connectivity index (χ1n) is 9.01. The smallest absolute Gasteiger partial charge is 0.338 e. The molecule has 0 aromatic heterocycles. The van der Waals surface area contributed by atoms with Crippen LogP contribution in [0.4, 0.5) is 10.1 Å². The van der Waals surface area contributed by atoms with Crippen molar-refractivity contribution in [2.24, 2.45) is 0 Å². The number of halogens is 1. The number of esters is 1. The zero-order chi connectivity index (χ0) is 19.7. The molecule has 0 radical (unpaired) electrons. The first-order valence-corrected chi connectivity index (χ1v) is 10.5. The summed E-state index contributed by atoms with van der Waals surface area (Å²) < 4.78 is 57.4. The lowest BCUT2D eigenvalue weighted by Crippen LogP contribution is -2.43. The Labute approximate surface area is 158 Å². The molecule has 27 heavy (non-hydrogen) atoms. The van der Waals surface area contributed by atoms with E-state index in [1.54, 1.807) is 6.92 Å².